The lowest BCUT2D eigenvalue weighted by atomic mass is 10.1. The average molecular weight is 339 g/mol. The van der Waals surface area contributed by atoms with E-state index >= 15 is 0 Å². The van der Waals surface area contributed by atoms with E-state index in [0.717, 1.165) is 5.56 Å². The number of hydrogen-bond donors (Lipinski definition) is 2. The van der Waals surface area contributed by atoms with Crippen molar-refractivity contribution in [3.8, 4) is 5.75 Å². The average Bonchev–Trinajstić information content (AvgIpc) is 2.50. The number of carbonyl (C=O) groups is 1. The molecule has 0 radical (unpaired) electrons. The first kappa shape index (κ1) is 16.5. The van der Waals surface area contributed by atoms with Gasteiger partial charge in [0.25, 0.3) is 0 Å². The third-order valence-corrected chi connectivity index (χ3v) is 3.53. The van der Waals surface area contributed by atoms with Crippen molar-refractivity contribution in [3.63, 3.8) is 0 Å². The fourth-order valence-corrected chi connectivity index (χ4v) is 2.31. The van der Waals surface area contributed by atoms with Crippen molar-refractivity contribution < 1.29 is 9.53 Å². The van der Waals surface area contributed by atoms with Crippen molar-refractivity contribution in [3.05, 3.63) is 64.1 Å². The monoisotopic (exact) mass is 338 g/mol. The molecule has 0 aliphatic rings. The van der Waals surface area contributed by atoms with E-state index in [0.29, 0.717) is 15.8 Å². The minimum Gasteiger partial charge on any atom is -0.472 e. The lowest BCUT2D eigenvalue weighted by molar-refractivity contribution is 0.221. The highest BCUT2D eigenvalue weighted by molar-refractivity contribution is 6.35. The molecule has 0 heterocycles. The van der Waals surface area contributed by atoms with Crippen LogP contribution >= 0.6 is 23.2 Å². The van der Waals surface area contributed by atoms with Gasteiger partial charge in [0.1, 0.15) is 5.75 Å². The summed E-state index contributed by atoms with van der Waals surface area (Å²) < 4.78 is 5.39. The van der Waals surface area contributed by atoms with Crippen LogP contribution in [0.4, 0.5) is 4.79 Å². The highest BCUT2D eigenvalue weighted by Crippen LogP contribution is 2.27. The van der Waals surface area contributed by atoms with E-state index in [1.807, 2.05) is 37.3 Å². The van der Waals surface area contributed by atoms with Crippen LogP contribution in [-0.4, -0.2) is 12.8 Å². The topological polar surface area (TPSA) is 50.4 Å². The largest absolute Gasteiger partial charge is 0.472 e. The Kier molecular flexibility index (Phi) is 5.92. The van der Waals surface area contributed by atoms with E-state index in [4.69, 9.17) is 27.9 Å². The number of ether oxygens (including phenoxy) is 1. The number of rotatable bonds is 5. The lowest BCUT2D eigenvalue weighted by Crippen LogP contribution is -2.38. The first-order chi connectivity index (χ1) is 10.6. The smallest absolute Gasteiger partial charge is 0.317 e. The third kappa shape index (κ3) is 4.83. The number of halogens is 2. The second kappa shape index (κ2) is 7.92. The molecule has 2 rings (SSSR count). The fourth-order valence-electron chi connectivity index (χ4n) is 1.84. The molecule has 0 saturated carbocycles. The van der Waals surface area contributed by atoms with Gasteiger partial charge in [-0.3, -0.25) is 0 Å². The Bertz CT molecular complexity index is 635. The molecule has 0 spiro atoms. The van der Waals surface area contributed by atoms with Gasteiger partial charge in [-0.05, 0) is 30.7 Å². The zero-order valence-corrected chi connectivity index (χ0v) is 13.5. The normalized spacial score (nSPS) is 11.6. The van der Waals surface area contributed by atoms with Crippen molar-refractivity contribution in [2.75, 3.05) is 6.73 Å². The number of benzene rings is 2. The molecule has 1 unspecified atom stereocenters. The quantitative estimate of drug-likeness (QED) is 0.794. The first-order valence-electron chi connectivity index (χ1n) is 6.73. The number of amides is 2. The Labute approximate surface area is 139 Å². The summed E-state index contributed by atoms with van der Waals surface area (Å²) in [5.74, 6) is 0.461. The van der Waals surface area contributed by atoms with Crippen molar-refractivity contribution in [1.82, 2.24) is 10.6 Å². The van der Waals surface area contributed by atoms with E-state index in [1.54, 1.807) is 18.2 Å². The maximum absolute atomic E-state index is 11.8. The van der Waals surface area contributed by atoms with E-state index in [2.05, 4.69) is 10.6 Å². The van der Waals surface area contributed by atoms with Gasteiger partial charge in [0.2, 0.25) is 0 Å². The molecule has 0 aliphatic carbocycles. The van der Waals surface area contributed by atoms with E-state index < -0.39 is 0 Å². The molecule has 116 valence electrons. The van der Waals surface area contributed by atoms with Crippen molar-refractivity contribution in [1.29, 1.82) is 0 Å². The van der Waals surface area contributed by atoms with Crippen LogP contribution in [-0.2, 0) is 0 Å². The SMILES string of the molecule is CC(NC(=O)NCOc1ccc(Cl)cc1Cl)c1ccccc1. The van der Waals surface area contributed by atoms with Crippen LogP contribution in [0.15, 0.2) is 48.5 Å². The molecule has 22 heavy (non-hydrogen) atoms. The summed E-state index contributed by atoms with van der Waals surface area (Å²) >= 11 is 11.8. The molecule has 2 amide bonds. The van der Waals surface area contributed by atoms with Gasteiger partial charge in [-0.1, -0.05) is 53.5 Å². The van der Waals surface area contributed by atoms with Crippen LogP contribution in [0.25, 0.3) is 0 Å². The summed E-state index contributed by atoms with van der Waals surface area (Å²) in [5, 5.41) is 6.36. The summed E-state index contributed by atoms with van der Waals surface area (Å²) in [6.07, 6.45) is 0. The van der Waals surface area contributed by atoms with Crippen molar-refractivity contribution in [2.45, 2.75) is 13.0 Å². The van der Waals surface area contributed by atoms with Crippen LogP contribution in [0.2, 0.25) is 10.0 Å². The number of carbonyl (C=O) groups excluding carboxylic acids is 1. The van der Waals surface area contributed by atoms with Gasteiger partial charge in [0, 0.05) is 5.02 Å². The zero-order chi connectivity index (χ0) is 15.9. The maximum Gasteiger partial charge on any atom is 0.317 e. The number of nitrogens with one attached hydrogen (secondary N) is 2. The molecule has 0 fully saturated rings. The highest BCUT2D eigenvalue weighted by Gasteiger charge is 2.09. The summed E-state index contributed by atoms with van der Waals surface area (Å²) in [5.41, 5.74) is 1.03. The molecule has 0 saturated heterocycles. The molecule has 2 N–H and O–H groups in total. The summed E-state index contributed by atoms with van der Waals surface area (Å²) in [6.45, 7) is 1.92. The minimum absolute atomic E-state index is 0.00863. The van der Waals surface area contributed by atoms with Gasteiger partial charge in [-0.15, -0.1) is 0 Å². The Balaban J connectivity index is 1.78. The van der Waals surface area contributed by atoms with Crippen molar-refractivity contribution >= 4 is 29.2 Å². The Hall–Kier alpha value is -1.91. The molecule has 0 aromatic heterocycles. The molecular weight excluding hydrogens is 323 g/mol. The van der Waals surface area contributed by atoms with Crippen LogP contribution in [0.5, 0.6) is 5.75 Å². The predicted molar refractivity (Wildman–Crippen MR) is 88.5 cm³/mol. The molecule has 0 bridgehead atoms. The van der Waals surface area contributed by atoms with Crippen molar-refractivity contribution in [2.24, 2.45) is 0 Å². The Morgan fingerprint density at radius 1 is 1.18 bits per heavy atom. The molecule has 1 atom stereocenters. The standard InChI is InChI=1S/C16H16Cl2N2O2/c1-11(12-5-3-2-4-6-12)20-16(21)19-10-22-15-8-7-13(17)9-14(15)18/h2-9,11H,10H2,1H3,(H2,19,20,21). The summed E-state index contributed by atoms with van der Waals surface area (Å²) in [6, 6.07) is 14.2. The third-order valence-electron chi connectivity index (χ3n) is 3.00. The minimum atomic E-state index is -0.318. The Morgan fingerprint density at radius 2 is 1.91 bits per heavy atom. The van der Waals surface area contributed by atoms with Crippen LogP contribution in [0.3, 0.4) is 0 Å². The maximum atomic E-state index is 11.8. The van der Waals surface area contributed by atoms with Gasteiger partial charge in [0.15, 0.2) is 6.73 Å². The lowest BCUT2D eigenvalue weighted by Gasteiger charge is -2.15. The van der Waals surface area contributed by atoms with Gasteiger partial charge in [-0.25, -0.2) is 4.79 Å². The number of urea groups is 1. The van der Waals surface area contributed by atoms with Crippen LogP contribution in [0, 0.1) is 0 Å². The first-order valence-corrected chi connectivity index (χ1v) is 7.49. The summed E-state index contributed by atoms with van der Waals surface area (Å²) in [7, 11) is 0. The fraction of sp³-hybridized carbons (Fsp3) is 0.188. The predicted octanol–water partition coefficient (Wildman–Crippen LogP) is 4.39. The van der Waals surface area contributed by atoms with E-state index in [-0.39, 0.29) is 18.8 Å². The molecule has 6 heteroatoms. The summed E-state index contributed by atoms with van der Waals surface area (Å²) in [4.78, 5) is 11.8. The second-order valence-electron chi connectivity index (χ2n) is 4.65. The number of hydrogen-bond acceptors (Lipinski definition) is 2. The van der Waals surface area contributed by atoms with E-state index in [1.165, 1.54) is 0 Å². The van der Waals surface area contributed by atoms with Gasteiger partial charge < -0.3 is 15.4 Å². The van der Waals surface area contributed by atoms with Gasteiger partial charge in [0.05, 0.1) is 11.1 Å². The molecule has 2 aromatic rings. The molecule has 4 nitrogen and oxygen atoms in total. The van der Waals surface area contributed by atoms with Crippen LogP contribution < -0.4 is 15.4 Å². The molecular formula is C16H16Cl2N2O2. The van der Waals surface area contributed by atoms with Crippen LogP contribution in [0.1, 0.15) is 18.5 Å². The zero-order valence-electron chi connectivity index (χ0n) is 12.0. The van der Waals surface area contributed by atoms with E-state index in [9.17, 15) is 4.79 Å². The molecule has 0 aliphatic heterocycles. The Morgan fingerprint density at radius 3 is 2.59 bits per heavy atom. The second-order valence-corrected chi connectivity index (χ2v) is 5.49. The van der Waals surface area contributed by atoms with Gasteiger partial charge in [-0.2, -0.15) is 0 Å². The molecule has 2 aromatic carbocycles. The van der Waals surface area contributed by atoms with Gasteiger partial charge >= 0.3 is 6.03 Å². The highest BCUT2D eigenvalue weighted by atomic mass is 35.5.